The van der Waals surface area contributed by atoms with Crippen LogP contribution in [0.25, 0.3) is 0 Å². The van der Waals surface area contributed by atoms with Crippen molar-refractivity contribution < 1.29 is 41.4 Å². The number of rotatable bonds is 8. The Morgan fingerprint density at radius 1 is 0.815 bits per heavy atom. The highest BCUT2D eigenvalue weighted by Crippen LogP contribution is 2.18. The summed E-state index contributed by atoms with van der Waals surface area (Å²) in [6.45, 7) is -6.55. The molecule has 0 unspecified atom stereocenters. The van der Waals surface area contributed by atoms with Gasteiger partial charge in [0, 0.05) is 5.69 Å². The van der Waals surface area contributed by atoms with Crippen molar-refractivity contribution >= 4 is 17.6 Å². The Labute approximate surface area is 150 Å². The molecule has 144 valence electrons. The average Bonchev–Trinajstić information content (AvgIpc) is 2.61. The zero-order chi connectivity index (χ0) is 19.8. The largest absolute Gasteiger partial charge is 0.452 e. The third-order valence-electron chi connectivity index (χ3n) is 3.01. The van der Waals surface area contributed by atoms with E-state index in [4.69, 9.17) is 4.74 Å². The normalized spacial score (nSPS) is 10.6. The Balaban J connectivity index is 1.81. The molecule has 0 spiro atoms. The molecule has 0 aliphatic heterocycles. The van der Waals surface area contributed by atoms with E-state index in [-0.39, 0.29) is 22.7 Å². The van der Waals surface area contributed by atoms with Crippen molar-refractivity contribution in [2.75, 3.05) is 11.9 Å². The van der Waals surface area contributed by atoms with Gasteiger partial charge in [-0.15, -0.1) is 0 Å². The van der Waals surface area contributed by atoms with E-state index in [1.54, 1.807) is 0 Å². The number of halogens is 4. The van der Waals surface area contributed by atoms with E-state index in [2.05, 4.69) is 14.8 Å². The summed E-state index contributed by atoms with van der Waals surface area (Å²) in [4.78, 5) is 23.5. The van der Waals surface area contributed by atoms with E-state index < -0.39 is 31.7 Å². The lowest BCUT2D eigenvalue weighted by Crippen LogP contribution is -2.20. The van der Waals surface area contributed by atoms with E-state index >= 15 is 0 Å². The number of nitrogens with one attached hydrogen (secondary N) is 1. The van der Waals surface area contributed by atoms with Gasteiger partial charge in [-0.25, -0.2) is 4.79 Å². The van der Waals surface area contributed by atoms with Gasteiger partial charge in [-0.05, 0) is 48.5 Å². The molecule has 2 rings (SSSR count). The predicted molar refractivity (Wildman–Crippen MR) is 85.1 cm³/mol. The summed E-state index contributed by atoms with van der Waals surface area (Å²) in [7, 11) is 0. The van der Waals surface area contributed by atoms with Crippen molar-refractivity contribution in [2.24, 2.45) is 0 Å². The van der Waals surface area contributed by atoms with Crippen molar-refractivity contribution in [3.05, 3.63) is 54.1 Å². The minimum Gasteiger partial charge on any atom is -0.452 e. The molecule has 0 saturated carbocycles. The van der Waals surface area contributed by atoms with Crippen molar-refractivity contribution in [2.45, 2.75) is 13.2 Å². The van der Waals surface area contributed by atoms with Gasteiger partial charge in [0.15, 0.2) is 6.61 Å². The molecule has 10 heteroatoms. The molecule has 0 heterocycles. The number of carbonyl (C=O) groups excluding carboxylic acids is 2. The zero-order valence-electron chi connectivity index (χ0n) is 13.5. The van der Waals surface area contributed by atoms with Crippen LogP contribution in [0.5, 0.6) is 11.5 Å². The zero-order valence-corrected chi connectivity index (χ0v) is 13.5. The lowest BCUT2D eigenvalue weighted by atomic mass is 10.2. The smallest absolute Gasteiger partial charge is 0.387 e. The summed E-state index contributed by atoms with van der Waals surface area (Å²) in [5, 5.41) is 2.40. The standard InChI is InChI=1S/C17H13F4NO5/c18-16(19)26-12-5-1-10(2-6-12)15(24)25-9-14(23)22-11-3-7-13(8-4-11)27-17(20)21/h1-8,16-17H,9H2,(H,22,23). The second-order valence-electron chi connectivity index (χ2n) is 4.93. The predicted octanol–water partition coefficient (Wildman–Crippen LogP) is 3.68. The van der Waals surface area contributed by atoms with Crippen LogP contribution < -0.4 is 14.8 Å². The first-order valence-electron chi connectivity index (χ1n) is 7.40. The second kappa shape index (κ2) is 9.41. The Kier molecular flexibility index (Phi) is 6.98. The number of carbonyl (C=O) groups is 2. The van der Waals surface area contributed by atoms with Gasteiger partial charge in [-0.2, -0.15) is 17.6 Å². The highest BCUT2D eigenvalue weighted by atomic mass is 19.3. The van der Waals surface area contributed by atoms with Crippen LogP contribution >= 0.6 is 0 Å². The van der Waals surface area contributed by atoms with Gasteiger partial charge in [0.1, 0.15) is 11.5 Å². The fourth-order valence-electron chi connectivity index (χ4n) is 1.90. The van der Waals surface area contributed by atoms with Gasteiger partial charge < -0.3 is 19.5 Å². The van der Waals surface area contributed by atoms with Gasteiger partial charge in [-0.3, -0.25) is 4.79 Å². The van der Waals surface area contributed by atoms with Crippen molar-refractivity contribution in [1.82, 2.24) is 0 Å². The number of alkyl halides is 4. The quantitative estimate of drug-likeness (QED) is 0.553. The van der Waals surface area contributed by atoms with E-state index in [0.29, 0.717) is 0 Å². The molecule has 0 aliphatic carbocycles. The molecule has 0 bridgehead atoms. The first kappa shape index (κ1) is 20.0. The fraction of sp³-hybridized carbons (Fsp3) is 0.176. The Morgan fingerprint density at radius 2 is 1.30 bits per heavy atom. The molecule has 2 aromatic carbocycles. The summed E-state index contributed by atoms with van der Waals surface area (Å²) in [5.41, 5.74) is 0.323. The van der Waals surface area contributed by atoms with Crippen LogP contribution in [-0.2, 0) is 9.53 Å². The average molecular weight is 387 g/mol. The first-order chi connectivity index (χ1) is 12.8. The molecular formula is C17H13F4NO5. The van der Waals surface area contributed by atoms with Gasteiger partial charge in [0.25, 0.3) is 5.91 Å². The topological polar surface area (TPSA) is 73.9 Å². The highest BCUT2D eigenvalue weighted by molar-refractivity contribution is 5.95. The molecule has 1 N–H and O–H groups in total. The summed E-state index contributed by atoms with van der Waals surface area (Å²) in [5.74, 6) is -1.70. The summed E-state index contributed by atoms with van der Waals surface area (Å²) in [6, 6.07) is 9.86. The minimum absolute atomic E-state index is 0.0397. The van der Waals surface area contributed by atoms with Crippen LogP contribution in [-0.4, -0.2) is 31.7 Å². The van der Waals surface area contributed by atoms with Crippen molar-refractivity contribution in [3.8, 4) is 11.5 Å². The molecule has 0 fully saturated rings. The minimum atomic E-state index is -2.98. The summed E-state index contributed by atoms with van der Waals surface area (Å²) >= 11 is 0. The number of benzene rings is 2. The number of hydrogen-bond donors (Lipinski definition) is 1. The Bertz CT molecular complexity index is 766. The van der Waals surface area contributed by atoms with Gasteiger partial charge in [0.05, 0.1) is 5.56 Å². The molecule has 1 amide bonds. The number of anilines is 1. The third-order valence-corrected chi connectivity index (χ3v) is 3.01. The summed E-state index contributed by atoms with van der Waals surface area (Å²) < 4.78 is 61.3. The molecule has 0 saturated heterocycles. The molecule has 0 aromatic heterocycles. The SMILES string of the molecule is O=C(COC(=O)c1ccc(OC(F)F)cc1)Nc1ccc(OC(F)F)cc1. The maximum atomic E-state index is 12.0. The lowest BCUT2D eigenvalue weighted by molar-refractivity contribution is -0.119. The molecular weight excluding hydrogens is 374 g/mol. The Morgan fingerprint density at radius 3 is 1.78 bits per heavy atom. The van der Waals surface area contributed by atoms with E-state index in [1.165, 1.54) is 36.4 Å². The van der Waals surface area contributed by atoms with Crippen LogP contribution in [0.15, 0.2) is 48.5 Å². The van der Waals surface area contributed by atoms with Gasteiger partial charge in [-0.1, -0.05) is 0 Å². The van der Waals surface area contributed by atoms with Crippen molar-refractivity contribution in [3.63, 3.8) is 0 Å². The van der Waals surface area contributed by atoms with Gasteiger partial charge in [0.2, 0.25) is 0 Å². The van der Waals surface area contributed by atoms with Crippen LogP contribution in [0, 0.1) is 0 Å². The van der Waals surface area contributed by atoms with Crippen LogP contribution in [0.2, 0.25) is 0 Å². The van der Waals surface area contributed by atoms with E-state index in [1.807, 2.05) is 0 Å². The fourth-order valence-corrected chi connectivity index (χ4v) is 1.90. The second-order valence-corrected chi connectivity index (χ2v) is 4.93. The maximum absolute atomic E-state index is 12.0. The maximum Gasteiger partial charge on any atom is 0.387 e. The van der Waals surface area contributed by atoms with Crippen LogP contribution in [0.1, 0.15) is 10.4 Å². The van der Waals surface area contributed by atoms with Crippen molar-refractivity contribution in [1.29, 1.82) is 0 Å². The van der Waals surface area contributed by atoms with Crippen LogP contribution in [0.3, 0.4) is 0 Å². The molecule has 0 atom stereocenters. The third kappa shape index (κ3) is 6.84. The first-order valence-corrected chi connectivity index (χ1v) is 7.40. The van der Waals surface area contributed by atoms with Crippen LogP contribution in [0.4, 0.5) is 23.2 Å². The highest BCUT2D eigenvalue weighted by Gasteiger charge is 2.12. The number of esters is 1. The number of hydrogen-bond acceptors (Lipinski definition) is 5. The number of ether oxygens (including phenoxy) is 3. The molecule has 2 aromatic rings. The van der Waals surface area contributed by atoms with Gasteiger partial charge >= 0.3 is 19.2 Å². The lowest BCUT2D eigenvalue weighted by Gasteiger charge is -2.09. The summed E-state index contributed by atoms with van der Waals surface area (Å²) in [6.07, 6.45) is 0. The molecule has 6 nitrogen and oxygen atoms in total. The Hall–Kier alpha value is -3.30. The molecule has 27 heavy (non-hydrogen) atoms. The van der Waals surface area contributed by atoms with E-state index in [9.17, 15) is 27.2 Å². The monoisotopic (exact) mass is 387 g/mol. The number of amides is 1. The molecule has 0 aliphatic rings. The van der Waals surface area contributed by atoms with E-state index in [0.717, 1.165) is 12.1 Å². The molecule has 0 radical (unpaired) electrons.